The summed E-state index contributed by atoms with van der Waals surface area (Å²) in [4.78, 5) is 17.1. The molecular formula is C25H30ClFN6O2. The average molecular weight is 501 g/mol. The number of pyridine rings is 2. The van der Waals surface area contributed by atoms with Crippen molar-refractivity contribution in [2.75, 3.05) is 54.0 Å². The predicted molar refractivity (Wildman–Crippen MR) is 136 cm³/mol. The second kappa shape index (κ2) is 10.0. The van der Waals surface area contributed by atoms with E-state index in [1.807, 2.05) is 12.1 Å². The molecule has 1 aliphatic rings. The topological polar surface area (TPSA) is 71.4 Å². The monoisotopic (exact) mass is 500 g/mol. The maximum Gasteiger partial charge on any atom is 0.257 e. The molecule has 5 rings (SSSR count). The zero-order valence-electron chi connectivity index (χ0n) is 20.3. The smallest absolute Gasteiger partial charge is 0.257 e. The predicted octanol–water partition coefficient (Wildman–Crippen LogP) is 4.42. The highest BCUT2D eigenvalue weighted by molar-refractivity contribution is 6.35. The molecule has 10 heteroatoms. The Kier molecular flexibility index (Phi) is 6.82. The highest BCUT2D eigenvalue weighted by atomic mass is 35.5. The van der Waals surface area contributed by atoms with E-state index in [-0.39, 0.29) is 5.02 Å². The van der Waals surface area contributed by atoms with Crippen LogP contribution in [0.5, 0.6) is 11.6 Å². The van der Waals surface area contributed by atoms with Crippen LogP contribution >= 0.6 is 11.6 Å². The lowest BCUT2D eigenvalue weighted by Crippen LogP contribution is -2.30. The molecule has 0 saturated carbocycles. The third kappa shape index (κ3) is 4.68. The molecule has 0 spiro atoms. The summed E-state index contributed by atoms with van der Waals surface area (Å²) in [6.45, 7) is 6.36. The van der Waals surface area contributed by atoms with Crippen LogP contribution in [0.15, 0.2) is 24.5 Å². The van der Waals surface area contributed by atoms with Gasteiger partial charge in [0, 0.05) is 42.8 Å². The summed E-state index contributed by atoms with van der Waals surface area (Å²) >= 11 is 6.20. The first-order chi connectivity index (χ1) is 17.0. The number of ether oxygens (including phenoxy) is 2. The van der Waals surface area contributed by atoms with Gasteiger partial charge in [-0.25, -0.2) is 14.4 Å². The minimum Gasteiger partial charge on any atom is -0.491 e. The number of rotatable bonds is 7. The largest absolute Gasteiger partial charge is 0.491 e. The molecule has 0 unspecified atom stereocenters. The number of likely N-dealkylation sites (N-methyl/N-ethyl adjacent to an activating group) is 1. The van der Waals surface area contributed by atoms with E-state index < -0.39 is 5.82 Å². The number of methoxy groups -OCH3 is 2. The molecule has 0 atom stereocenters. The summed E-state index contributed by atoms with van der Waals surface area (Å²) in [6, 6.07) is 3.78. The van der Waals surface area contributed by atoms with Crippen molar-refractivity contribution < 1.29 is 13.9 Å². The molecule has 1 aliphatic heterocycles. The Labute approximate surface area is 208 Å². The number of hydrogen-bond donors (Lipinski definition) is 1. The number of fused-ring (bicyclic) bond motifs is 2. The molecule has 0 radical (unpaired) electrons. The van der Waals surface area contributed by atoms with Gasteiger partial charge >= 0.3 is 0 Å². The number of aryl methyl sites for hydroxylation is 1. The van der Waals surface area contributed by atoms with E-state index in [9.17, 15) is 4.39 Å². The molecule has 5 heterocycles. The molecule has 1 fully saturated rings. The van der Waals surface area contributed by atoms with Gasteiger partial charge in [-0.2, -0.15) is 0 Å². The Balaban J connectivity index is 1.50. The van der Waals surface area contributed by atoms with Crippen molar-refractivity contribution in [3.63, 3.8) is 0 Å². The fraction of sp³-hybridized carbons (Fsp3) is 0.440. The standard InChI is InChI=1S/C25H30ClFN6O2/c1-31-6-4-7-32(11-10-31)8-5-9-33-15-17(23-20(33)13-21(34-2)25(30-23)35-3)19-12-16-22(26)18(27)14-28-24(16)29-19/h12-15H,4-11H2,1-3H3,(H,28,29). The fourth-order valence-electron chi connectivity index (χ4n) is 4.80. The first-order valence-electron chi connectivity index (χ1n) is 11.8. The number of aromatic nitrogens is 4. The highest BCUT2D eigenvalue weighted by Crippen LogP contribution is 2.37. The van der Waals surface area contributed by atoms with Crippen LogP contribution in [0.3, 0.4) is 0 Å². The molecule has 0 amide bonds. The lowest BCUT2D eigenvalue weighted by Gasteiger charge is -2.20. The van der Waals surface area contributed by atoms with E-state index in [2.05, 4.69) is 37.6 Å². The summed E-state index contributed by atoms with van der Waals surface area (Å²) in [6.07, 6.45) is 5.40. The summed E-state index contributed by atoms with van der Waals surface area (Å²) in [7, 11) is 5.37. The number of H-pyrrole nitrogens is 1. The molecule has 35 heavy (non-hydrogen) atoms. The summed E-state index contributed by atoms with van der Waals surface area (Å²) in [5.74, 6) is 0.437. The van der Waals surface area contributed by atoms with Crippen LogP contribution in [-0.2, 0) is 6.54 Å². The summed E-state index contributed by atoms with van der Waals surface area (Å²) < 4.78 is 27.2. The lowest BCUT2D eigenvalue weighted by atomic mass is 10.2. The number of nitrogens with zero attached hydrogens (tertiary/aromatic N) is 5. The molecule has 4 aromatic rings. The Morgan fingerprint density at radius 2 is 1.97 bits per heavy atom. The second-order valence-electron chi connectivity index (χ2n) is 9.02. The SMILES string of the molecule is COc1cc2c(nc1OC)c(-c1cc3c(Cl)c(F)cnc3[nH]1)cn2CCCN1CCCN(C)CC1. The van der Waals surface area contributed by atoms with E-state index >= 15 is 0 Å². The molecule has 0 aliphatic carbocycles. The molecule has 1 N–H and O–H groups in total. The van der Waals surface area contributed by atoms with Crippen molar-refractivity contribution in [2.24, 2.45) is 0 Å². The second-order valence-corrected chi connectivity index (χ2v) is 9.40. The molecule has 0 aromatic carbocycles. The van der Waals surface area contributed by atoms with Gasteiger partial charge in [-0.05, 0) is 45.6 Å². The van der Waals surface area contributed by atoms with Gasteiger partial charge in [0.2, 0.25) is 0 Å². The quantitative estimate of drug-likeness (QED) is 0.405. The molecule has 0 bridgehead atoms. The first kappa shape index (κ1) is 23.8. The van der Waals surface area contributed by atoms with E-state index in [0.717, 1.165) is 74.2 Å². The van der Waals surface area contributed by atoms with Crippen LogP contribution in [0, 0.1) is 5.82 Å². The van der Waals surface area contributed by atoms with E-state index in [1.165, 1.54) is 6.42 Å². The summed E-state index contributed by atoms with van der Waals surface area (Å²) in [5.41, 5.74) is 3.86. The maximum absolute atomic E-state index is 14.0. The van der Waals surface area contributed by atoms with Crippen molar-refractivity contribution in [1.29, 1.82) is 0 Å². The van der Waals surface area contributed by atoms with E-state index in [0.29, 0.717) is 22.7 Å². The Morgan fingerprint density at radius 3 is 2.77 bits per heavy atom. The zero-order valence-corrected chi connectivity index (χ0v) is 21.0. The minimum atomic E-state index is -0.545. The summed E-state index contributed by atoms with van der Waals surface area (Å²) in [5, 5.41) is 0.589. The van der Waals surface area contributed by atoms with E-state index in [4.69, 9.17) is 26.1 Å². The van der Waals surface area contributed by atoms with Gasteiger partial charge in [-0.1, -0.05) is 11.6 Å². The molecule has 4 aromatic heterocycles. The fourth-order valence-corrected chi connectivity index (χ4v) is 4.99. The molecule has 8 nitrogen and oxygen atoms in total. The third-order valence-corrected chi connectivity index (χ3v) is 7.11. The average Bonchev–Trinajstić information content (AvgIpc) is 3.38. The van der Waals surface area contributed by atoms with Gasteiger partial charge in [0.05, 0.1) is 36.6 Å². The van der Waals surface area contributed by atoms with E-state index in [1.54, 1.807) is 14.2 Å². The van der Waals surface area contributed by atoms with Gasteiger partial charge in [0.1, 0.15) is 11.2 Å². The lowest BCUT2D eigenvalue weighted by molar-refractivity contribution is 0.269. The molecule has 1 saturated heterocycles. The van der Waals surface area contributed by atoms with Crippen molar-refractivity contribution >= 4 is 33.7 Å². The number of aromatic amines is 1. The van der Waals surface area contributed by atoms with Gasteiger partial charge in [-0.15, -0.1) is 0 Å². The minimum absolute atomic E-state index is 0.0524. The van der Waals surface area contributed by atoms with Crippen LogP contribution in [0.25, 0.3) is 33.3 Å². The normalized spacial score (nSPS) is 15.7. The zero-order chi connectivity index (χ0) is 24.5. The van der Waals surface area contributed by atoms with Crippen LogP contribution < -0.4 is 9.47 Å². The van der Waals surface area contributed by atoms with Crippen LogP contribution in [0.2, 0.25) is 5.02 Å². The van der Waals surface area contributed by atoms with Crippen molar-refractivity contribution in [2.45, 2.75) is 19.4 Å². The van der Waals surface area contributed by atoms with Gasteiger partial charge in [0.15, 0.2) is 11.6 Å². The Hall–Kier alpha value is -2.88. The molecule has 186 valence electrons. The Bertz CT molecular complexity index is 1350. The van der Waals surface area contributed by atoms with Crippen molar-refractivity contribution in [3.05, 3.63) is 35.4 Å². The third-order valence-electron chi connectivity index (χ3n) is 6.72. The van der Waals surface area contributed by atoms with Crippen LogP contribution in [0.1, 0.15) is 12.8 Å². The first-order valence-corrected chi connectivity index (χ1v) is 12.2. The number of nitrogens with one attached hydrogen (secondary N) is 1. The van der Waals surface area contributed by atoms with Gasteiger partial charge < -0.3 is 28.8 Å². The maximum atomic E-state index is 14.0. The van der Waals surface area contributed by atoms with Crippen LogP contribution in [0.4, 0.5) is 4.39 Å². The van der Waals surface area contributed by atoms with Gasteiger partial charge in [-0.3, -0.25) is 0 Å². The Morgan fingerprint density at radius 1 is 1.11 bits per heavy atom. The number of halogens is 2. The molecular weight excluding hydrogens is 471 g/mol. The number of hydrogen-bond acceptors (Lipinski definition) is 6. The van der Waals surface area contributed by atoms with Crippen LogP contribution in [-0.4, -0.2) is 83.3 Å². The van der Waals surface area contributed by atoms with Crippen molar-refractivity contribution in [3.8, 4) is 22.9 Å². The van der Waals surface area contributed by atoms with Gasteiger partial charge in [0.25, 0.3) is 5.88 Å². The van der Waals surface area contributed by atoms with Crippen molar-refractivity contribution in [1.82, 2.24) is 29.3 Å². The highest BCUT2D eigenvalue weighted by Gasteiger charge is 2.20.